The van der Waals surface area contributed by atoms with E-state index in [0.717, 1.165) is 6.07 Å². The largest absolute Gasteiger partial charge is 0.475 e. The van der Waals surface area contributed by atoms with Crippen molar-refractivity contribution in [2.24, 2.45) is 0 Å². The molecule has 2 heterocycles. The zero-order chi connectivity index (χ0) is 15.6. The average Bonchev–Trinajstić information content (AvgIpc) is 2.83. The Bertz CT molecular complexity index is 621. The molecule has 0 aliphatic carbocycles. The molecule has 1 aliphatic rings. The van der Waals surface area contributed by atoms with Gasteiger partial charge < -0.3 is 14.6 Å². The zero-order valence-electron chi connectivity index (χ0n) is 11.0. The molecule has 0 spiro atoms. The van der Waals surface area contributed by atoms with Gasteiger partial charge in [0.25, 0.3) is 0 Å². The standard InChI is InChI=1S/C11H15BrN2O6S/c12-10-9(7-8(20-10)11(16)17)21(18,19)14-3-1-13(2-4-14)5-6-15/h7,15H,1-6H2,(H,16,17). The van der Waals surface area contributed by atoms with E-state index in [2.05, 4.69) is 15.9 Å². The number of carboxylic acids is 1. The number of piperazine rings is 1. The fourth-order valence-electron chi connectivity index (χ4n) is 2.11. The molecule has 118 valence electrons. The van der Waals surface area contributed by atoms with Crippen molar-refractivity contribution < 1.29 is 27.8 Å². The molecule has 1 aromatic rings. The van der Waals surface area contributed by atoms with Crippen molar-refractivity contribution in [1.29, 1.82) is 0 Å². The number of hydrogen-bond donors (Lipinski definition) is 2. The van der Waals surface area contributed by atoms with Crippen molar-refractivity contribution in [1.82, 2.24) is 9.21 Å². The van der Waals surface area contributed by atoms with E-state index >= 15 is 0 Å². The number of β-amino-alcohol motifs (C(OH)–C–C–N with tert-alkyl or cyclic N) is 1. The minimum absolute atomic E-state index is 0.0298. The third kappa shape index (κ3) is 3.46. The lowest BCUT2D eigenvalue weighted by atomic mass is 10.4. The number of aliphatic hydroxyl groups is 1. The second-order valence-electron chi connectivity index (χ2n) is 4.52. The van der Waals surface area contributed by atoms with E-state index in [9.17, 15) is 13.2 Å². The van der Waals surface area contributed by atoms with Crippen LogP contribution in [-0.4, -0.2) is 73.1 Å². The summed E-state index contributed by atoms with van der Waals surface area (Å²) in [5.74, 6) is -1.76. The summed E-state index contributed by atoms with van der Waals surface area (Å²) in [5, 5.41) is 17.7. The first-order valence-electron chi connectivity index (χ1n) is 6.22. The first-order valence-corrected chi connectivity index (χ1v) is 8.45. The first kappa shape index (κ1) is 16.4. The zero-order valence-corrected chi connectivity index (χ0v) is 13.4. The minimum atomic E-state index is -3.80. The highest BCUT2D eigenvalue weighted by Crippen LogP contribution is 2.29. The number of halogens is 1. The molecule has 0 saturated carbocycles. The Labute approximate surface area is 130 Å². The topological polar surface area (TPSA) is 111 Å². The Morgan fingerprint density at radius 3 is 2.43 bits per heavy atom. The number of nitrogens with zero attached hydrogens (tertiary/aromatic N) is 2. The summed E-state index contributed by atoms with van der Waals surface area (Å²) in [6, 6.07) is 1.00. The molecule has 0 unspecified atom stereocenters. The van der Waals surface area contributed by atoms with Crippen molar-refractivity contribution in [3.05, 3.63) is 16.5 Å². The van der Waals surface area contributed by atoms with Crippen molar-refractivity contribution >= 4 is 31.9 Å². The summed E-state index contributed by atoms with van der Waals surface area (Å²) in [6.07, 6.45) is 0. The molecule has 0 amide bonds. The number of furan rings is 1. The number of aromatic carboxylic acids is 1. The molecule has 1 aliphatic heterocycles. The van der Waals surface area contributed by atoms with Gasteiger partial charge in [0.2, 0.25) is 15.8 Å². The Kier molecular flexibility index (Phi) is 5.04. The quantitative estimate of drug-likeness (QED) is 0.739. The summed E-state index contributed by atoms with van der Waals surface area (Å²) >= 11 is 2.95. The first-order chi connectivity index (χ1) is 9.86. The Morgan fingerprint density at radius 1 is 1.33 bits per heavy atom. The second-order valence-corrected chi connectivity index (χ2v) is 7.15. The number of hydrogen-bond acceptors (Lipinski definition) is 6. The van der Waals surface area contributed by atoms with E-state index in [1.807, 2.05) is 4.90 Å². The van der Waals surface area contributed by atoms with Crippen LogP contribution in [0.2, 0.25) is 0 Å². The van der Waals surface area contributed by atoms with E-state index in [1.54, 1.807) is 0 Å². The third-order valence-corrected chi connectivity index (χ3v) is 5.99. The number of sulfonamides is 1. The van der Waals surface area contributed by atoms with E-state index < -0.39 is 21.8 Å². The molecule has 2 N–H and O–H groups in total. The monoisotopic (exact) mass is 382 g/mol. The van der Waals surface area contributed by atoms with Gasteiger partial charge in [-0.15, -0.1) is 0 Å². The maximum Gasteiger partial charge on any atom is 0.371 e. The molecule has 1 saturated heterocycles. The summed E-state index contributed by atoms with van der Waals surface area (Å²) < 4.78 is 31.0. The third-order valence-electron chi connectivity index (χ3n) is 3.23. The van der Waals surface area contributed by atoms with Crippen molar-refractivity contribution in [2.75, 3.05) is 39.3 Å². The van der Waals surface area contributed by atoms with Crippen molar-refractivity contribution in [2.45, 2.75) is 4.90 Å². The highest BCUT2D eigenvalue weighted by molar-refractivity contribution is 9.10. The second kappa shape index (κ2) is 6.44. The van der Waals surface area contributed by atoms with Gasteiger partial charge in [-0.1, -0.05) is 0 Å². The van der Waals surface area contributed by atoms with Crippen LogP contribution < -0.4 is 0 Å². The van der Waals surface area contributed by atoms with Crippen LogP contribution in [0.4, 0.5) is 0 Å². The molecular formula is C11H15BrN2O6S. The van der Waals surface area contributed by atoms with Gasteiger partial charge in [-0.3, -0.25) is 4.90 Å². The highest BCUT2D eigenvalue weighted by Gasteiger charge is 2.32. The van der Waals surface area contributed by atoms with E-state index in [-0.39, 0.29) is 29.3 Å². The number of rotatable bonds is 5. The predicted octanol–water partition coefficient (Wildman–Crippen LogP) is 0.0389. The van der Waals surface area contributed by atoms with Gasteiger partial charge in [-0.2, -0.15) is 4.31 Å². The Hall–Kier alpha value is -0.940. The van der Waals surface area contributed by atoms with Gasteiger partial charge >= 0.3 is 5.97 Å². The van der Waals surface area contributed by atoms with Crippen LogP contribution in [0.25, 0.3) is 0 Å². The maximum absolute atomic E-state index is 12.5. The van der Waals surface area contributed by atoms with Crippen LogP contribution in [0.15, 0.2) is 20.0 Å². The van der Waals surface area contributed by atoms with Crippen LogP contribution in [0.1, 0.15) is 10.6 Å². The lowest BCUT2D eigenvalue weighted by molar-refractivity contribution is 0.0661. The Balaban J connectivity index is 2.18. The van der Waals surface area contributed by atoms with Gasteiger partial charge in [0.1, 0.15) is 4.90 Å². The number of carbonyl (C=O) groups is 1. The van der Waals surface area contributed by atoms with Gasteiger partial charge in [0, 0.05) is 38.8 Å². The summed E-state index contributed by atoms with van der Waals surface area (Å²) in [4.78, 5) is 12.6. The molecule has 0 aromatic carbocycles. The molecule has 10 heteroatoms. The SMILES string of the molecule is O=C(O)c1cc(S(=O)(=O)N2CCN(CCO)CC2)c(Br)o1. The maximum atomic E-state index is 12.5. The fourth-order valence-corrected chi connectivity index (χ4v) is 4.43. The summed E-state index contributed by atoms with van der Waals surface area (Å²) in [5.41, 5.74) is 0. The molecule has 8 nitrogen and oxygen atoms in total. The average molecular weight is 383 g/mol. The fraction of sp³-hybridized carbons (Fsp3) is 0.545. The smallest absolute Gasteiger partial charge is 0.371 e. The summed E-state index contributed by atoms with van der Waals surface area (Å²) in [7, 11) is -3.80. The lowest BCUT2D eigenvalue weighted by Crippen LogP contribution is -2.49. The molecule has 0 bridgehead atoms. The molecule has 1 aromatic heterocycles. The van der Waals surface area contributed by atoms with Gasteiger partial charge in [0.15, 0.2) is 4.67 Å². The van der Waals surface area contributed by atoms with E-state index in [1.165, 1.54) is 4.31 Å². The highest BCUT2D eigenvalue weighted by atomic mass is 79.9. The molecule has 0 atom stereocenters. The van der Waals surface area contributed by atoms with Crippen LogP contribution >= 0.6 is 15.9 Å². The minimum Gasteiger partial charge on any atom is -0.475 e. The predicted molar refractivity (Wildman–Crippen MR) is 75.7 cm³/mol. The normalized spacial score (nSPS) is 18.0. The van der Waals surface area contributed by atoms with E-state index in [0.29, 0.717) is 19.6 Å². The van der Waals surface area contributed by atoms with Gasteiger partial charge in [0.05, 0.1) is 6.61 Å². The van der Waals surface area contributed by atoms with Crippen molar-refractivity contribution in [3.8, 4) is 0 Å². The van der Waals surface area contributed by atoms with Crippen LogP contribution in [0.5, 0.6) is 0 Å². The number of carboxylic acid groups (broad SMARTS) is 1. The van der Waals surface area contributed by atoms with Gasteiger partial charge in [-0.05, 0) is 15.9 Å². The molecule has 1 fully saturated rings. The van der Waals surface area contributed by atoms with Crippen molar-refractivity contribution in [3.63, 3.8) is 0 Å². The molecule has 21 heavy (non-hydrogen) atoms. The van der Waals surface area contributed by atoms with Crippen LogP contribution in [0, 0.1) is 0 Å². The molecule has 2 rings (SSSR count). The Morgan fingerprint density at radius 2 is 1.95 bits per heavy atom. The van der Waals surface area contributed by atoms with E-state index in [4.69, 9.17) is 14.6 Å². The van der Waals surface area contributed by atoms with Crippen LogP contribution in [0.3, 0.4) is 0 Å². The van der Waals surface area contributed by atoms with Gasteiger partial charge in [-0.25, -0.2) is 13.2 Å². The molecular weight excluding hydrogens is 368 g/mol. The van der Waals surface area contributed by atoms with Crippen LogP contribution in [-0.2, 0) is 10.0 Å². The number of aliphatic hydroxyl groups excluding tert-OH is 1. The lowest BCUT2D eigenvalue weighted by Gasteiger charge is -2.33. The molecule has 0 radical (unpaired) electrons. The summed E-state index contributed by atoms with van der Waals surface area (Å²) in [6.45, 7) is 2.13.